The first-order valence-corrected chi connectivity index (χ1v) is 12.6. The van der Waals surface area contributed by atoms with E-state index in [4.69, 9.17) is 14.0 Å². The van der Waals surface area contributed by atoms with Crippen LogP contribution in [0.3, 0.4) is 0 Å². The largest absolute Gasteiger partial charge is 0.446 e. The zero-order chi connectivity index (χ0) is 27.9. The third-order valence-electron chi connectivity index (χ3n) is 7.93. The molecule has 3 fully saturated rings. The molecule has 14 nitrogen and oxygen atoms in total. The lowest BCUT2D eigenvalue weighted by Crippen LogP contribution is -2.75. The molecule has 7 rings (SSSR count). The van der Waals surface area contributed by atoms with Crippen LogP contribution < -0.4 is 20.4 Å². The zero-order valence-electron chi connectivity index (χ0n) is 21.2. The van der Waals surface area contributed by atoms with Crippen molar-refractivity contribution in [3.63, 3.8) is 0 Å². The molecule has 0 saturated carbocycles. The number of carbonyl (C=O) groups is 4. The average molecular weight is 551 g/mol. The summed E-state index contributed by atoms with van der Waals surface area (Å²) in [5.74, 6) is -2.10. The van der Waals surface area contributed by atoms with Crippen molar-refractivity contribution < 1.29 is 37.6 Å². The highest BCUT2D eigenvalue weighted by Crippen LogP contribution is 2.50. The van der Waals surface area contributed by atoms with Gasteiger partial charge in [0.1, 0.15) is 12.6 Å². The average Bonchev–Trinajstić information content (AvgIpc) is 3.50. The molecular weight excluding hydrogens is 529 g/mol. The SMILES string of the molecule is C[C@@H]1CN2c3c(cc4c(N5C(=O)OC[C@H]5c5ncccn5)noc4c3F)CC3(C(=O)NC(=O)NC3=O)C2[C@H](C)O1. The molecule has 40 heavy (non-hydrogen) atoms. The number of rotatable bonds is 2. The first kappa shape index (κ1) is 24.4. The number of halogens is 1. The van der Waals surface area contributed by atoms with Crippen LogP contribution in [0.15, 0.2) is 29.0 Å². The maximum atomic E-state index is 16.4. The topological polar surface area (TPSA) is 169 Å². The molecule has 4 atom stereocenters. The van der Waals surface area contributed by atoms with E-state index in [9.17, 15) is 19.2 Å². The van der Waals surface area contributed by atoms with E-state index in [1.807, 2.05) is 0 Å². The predicted octanol–water partition coefficient (Wildman–Crippen LogP) is 1.35. The first-order chi connectivity index (χ1) is 19.2. The van der Waals surface area contributed by atoms with Crippen molar-refractivity contribution in [3.05, 3.63) is 41.7 Å². The number of nitrogens with zero attached hydrogens (tertiary/aromatic N) is 5. The molecule has 2 aromatic heterocycles. The lowest BCUT2D eigenvalue weighted by molar-refractivity contribution is -0.153. The molecule has 4 aliphatic heterocycles. The van der Waals surface area contributed by atoms with Crippen LogP contribution in [0.4, 0.5) is 25.5 Å². The van der Waals surface area contributed by atoms with Crippen molar-refractivity contribution in [2.75, 3.05) is 23.0 Å². The molecule has 3 aromatic rings. The third-order valence-corrected chi connectivity index (χ3v) is 7.93. The van der Waals surface area contributed by atoms with Crippen molar-refractivity contribution in [1.82, 2.24) is 25.8 Å². The highest BCUT2D eigenvalue weighted by molar-refractivity contribution is 6.20. The minimum absolute atomic E-state index is 0.0238. The van der Waals surface area contributed by atoms with Crippen LogP contribution in [0.1, 0.15) is 31.3 Å². The Labute approximate surface area is 224 Å². The number of hydrogen-bond acceptors (Lipinski definition) is 11. The minimum Gasteiger partial charge on any atom is -0.446 e. The highest BCUT2D eigenvalue weighted by Gasteiger charge is 2.63. The number of anilines is 2. The number of imide groups is 2. The highest BCUT2D eigenvalue weighted by atomic mass is 19.1. The molecule has 4 aliphatic rings. The van der Waals surface area contributed by atoms with Crippen molar-refractivity contribution in [2.45, 2.75) is 44.6 Å². The number of benzene rings is 1. The van der Waals surface area contributed by atoms with Crippen LogP contribution in [0.2, 0.25) is 0 Å². The Morgan fingerprint density at radius 1 is 1.10 bits per heavy atom. The lowest BCUT2D eigenvalue weighted by atomic mass is 9.66. The maximum absolute atomic E-state index is 16.4. The summed E-state index contributed by atoms with van der Waals surface area (Å²) in [5.41, 5.74) is -1.58. The Hall–Kier alpha value is -4.66. The molecule has 6 heterocycles. The van der Waals surface area contributed by atoms with E-state index in [1.54, 1.807) is 30.9 Å². The second-order valence-electron chi connectivity index (χ2n) is 10.3. The van der Waals surface area contributed by atoms with Gasteiger partial charge in [0.2, 0.25) is 17.4 Å². The maximum Gasteiger partial charge on any atom is 0.416 e. The number of cyclic esters (lactones) is 1. The standard InChI is InChI=1S/C25H22FN7O7/c1-10-8-32-16-12(7-25(18(32)11(2)39-10)21(34)29-23(36)30-22(25)35)6-13-17(15(16)26)40-31-20(13)33-14(9-38-24(33)37)19-27-4-3-5-28-19/h3-6,10-11,14,18H,7-9H2,1-2H3,(H2,29,30,34,35,36)/t10-,11+,14+,18?/m1/s1. The zero-order valence-corrected chi connectivity index (χ0v) is 21.2. The Kier molecular flexibility index (Phi) is 5.13. The van der Waals surface area contributed by atoms with E-state index in [1.165, 1.54) is 17.3 Å². The molecule has 1 aromatic carbocycles. The lowest BCUT2D eigenvalue weighted by Gasteiger charge is -2.55. The van der Waals surface area contributed by atoms with Crippen LogP contribution >= 0.6 is 0 Å². The normalized spacial score (nSPS) is 27.4. The number of fused-ring (bicyclic) bond motifs is 5. The monoisotopic (exact) mass is 551 g/mol. The van der Waals surface area contributed by atoms with Gasteiger partial charge in [-0.15, -0.1) is 0 Å². The number of aromatic nitrogens is 3. The van der Waals surface area contributed by atoms with E-state index in [0.29, 0.717) is 11.4 Å². The van der Waals surface area contributed by atoms with Gasteiger partial charge in [0, 0.05) is 25.4 Å². The second-order valence-corrected chi connectivity index (χ2v) is 10.3. The van der Waals surface area contributed by atoms with Gasteiger partial charge in [0.05, 0.1) is 29.3 Å². The molecule has 1 unspecified atom stereocenters. The molecule has 5 amide bonds. The van der Waals surface area contributed by atoms with Gasteiger partial charge >= 0.3 is 12.1 Å². The summed E-state index contributed by atoms with van der Waals surface area (Å²) in [4.78, 5) is 62.8. The smallest absolute Gasteiger partial charge is 0.416 e. The van der Waals surface area contributed by atoms with Gasteiger partial charge in [0.25, 0.3) is 0 Å². The van der Waals surface area contributed by atoms with Gasteiger partial charge < -0.3 is 18.9 Å². The molecule has 0 aliphatic carbocycles. The van der Waals surface area contributed by atoms with E-state index >= 15 is 4.39 Å². The van der Waals surface area contributed by atoms with Crippen molar-refractivity contribution in [1.29, 1.82) is 0 Å². The van der Waals surface area contributed by atoms with Crippen LogP contribution in [-0.2, 0) is 25.5 Å². The molecule has 1 spiro atoms. The van der Waals surface area contributed by atoms with E-state index in [2.05, 4.69) is 25.8 Å². The summed E-state index contributed by atoms with van der Waals surface area (Å²) in [6, 6.07) is 0.569. The summed E-state index contributed by atoms with van der Waals surface area (Å²) in [6.45, 7) is 3.59. The summed E-state index contributed by atoms with van der Waals surface area (Å²) in [5, 5.41) is 8.55. The number of nitrogens with one attached hydrogen (secondary N) is 2. The third kappa shape index (κ3) is 3.20. The van der Waals surface area contributed by atoms with Gasteiger partial charge in [-0.1, -0.05) is 5.16 Å². The van der Waals surface area contributed by atoms with E-state index in [0.717, 1.165) is 0 Å². The Bertz CT molecular complexity index is 1590. The molecule has 206 valence electrons. The van der Waals surface area contributed by atoms with Gasteiger partial charge in [-0.25, -0.2) is 28.8 Å². The fourth-order valence-electron chi connectivity index (χ4n) is 6.44. The number of barbiturate groups is 1. The Balaban J connectivity index is 1.42. The van der Waals surface area contributed by atoms with Gasteiger partial charge in [0.15, 0.2) is 22.9 Å². The molecular formula is C25H22FN7O7. The quantitative estimate of drug-likeness (QED) is 0.441. The molecule has 3 saturated heterocycles. The molecule has 0 radical (unpaired) electrons. The van der Waals surface area contributed by atoms with Crippen molar-refractivity contribution in [3.8, 4) is 0 Å². The Morgan fingerprint density at radius 2 is 1.82 bits per heavy atom. The first-order valence-electron chi connectivity index (χ1n) is 12.6. The van der Waals surface area contributed by atoms with E-state index in [-0.39, 0.29) is 48.2 Å². The predicted molar refractivity (Wildman–Crippen MR) is 132 cm³/mol. The number of urea groups is 1. The molecule has 2 N–H and O–H groups in total. The van der Waals surface area contributed by atoms with Gasteiger partial charge in [-0.05, 0) is 31.5 Å². The number of amides is 5. The summed E-state index contributed by atoms with van der Waals surface area (Å²) in [6.07, 6.45) is 1.01. The fourth-order valence-corrected chi connectivity index (χ4v) is 6.44. The minimum atomic E-state index is -1.80. The molecule has 15 heteroatoms. The van der Waals surface area contributed by atoms with Crippen LogP contribution in [0.25, 0.3) is 11.0 Å². The number of hydrogen-bond donors (Lipinski definition) is 2. The van der Waals surface area contributed by atoms with E-state index < -0.39 is 53.4 Å². The van der Waals surface area contributed by atoms with Crippen LogP contribution in [-0.4, -0.2) is 70.5 Å². The van der Waals surface area contributed by atoms with Crippen molar-refractivity contribution in [2.24, 2.45) is 5.41 Å². The second kappa shape index (κ2) is 8.42. The Morgan fingerprint density at radius 3 is 2.55 bits per heavy atom. The number of morpholine rings is 1. The summed E-state index contributed by atoms with van der Waals surface area (Å²) >= 11 is 0. The van der Waals surface area contributed by atoms with Crippen LogP contribution in [0, 0.1) is 11.2 Å². The summed E-state index contributed by atoms with van der Waals surface area (Å²) < 4.78 is 33.0. The molecule has 0 bridgehead atoms. The van der Waals surface area contributed by atoms with Gasteiger partial charge in [-0.2, -0.15) is 0 Å². The summed E-state index contributed by atoms with van der Waals surface area (Å²) in [7, 11) is 0. The van der Waals surface area contributed by atoms with Gasteiger partial charge in [-0.3, -0.25) is 20.2 Å². The number of carbonyl (C=O) groups excluding carboxylic acids is 4. The van der Waals surface area contributed by atoms with Crippen molar-refractivity contribution >= 4 is 46.4 Å². The van der Waals surface area contributed by atoms with Crippen LogP contribution in [0.5, 0.6) is 0 Å². The fraction of sp³-hybridized carbons (Fsp3) is 0.400. The number of ether oxygens (including phenoxy) is 2.